The maximum Gasteiger partial charge on any atom is 0.416 e. The predicted octanol–water partition coefficient (Wildman–Crippen LogP) is 6.31. The number of amides is 1. The zero-order valence-corrected chi connectivity index (χ0v) is 21.0. The van der Waals surface area contributed by atoms with Gasteiger partial charge >= 0.3 is 6.18 Å². The van der Waals surface area contributed by atoms with Gasteiger partial charge in [0.05, 0.1) is 36.8 Å². The first kappa shape index (κ1) is 26.1. The van der Waals surface area contributed by atoms with Crippen LogP contribution >= 0.6 is 0 Å². The van der Waals surface area contributed by atoms with Crippen LogP contribution in [0.3, 0.4) is 0 Å². The smallest absolute Gasteiger partial charge is 0.416 e. The van der Waals surface area contributed by atoms with E-state index >= 15 is 0 Å². The Morgan fingerprint density at radius 3 is 2.30 bits per heavy atom. The average Bonchev–Trinajstić information content (AvgIpc) is 2.84. The number of alkyl halides is 3. The SMILES string of the molecule is COc1ccc(F)cc1NCc1c(-c2cc(C(F)(F)F)ccc2OC)ccc2c1N(C)C(=O)C(C)(C)N2. The second-order valence-corrected chi connectivity index (χ2v) is 9.21. The molecular weight excluding hydrogens is 490 g/mol. The first-order valence-corrected chi connectivity index (χ1v) is 11.4. The van der Waals surface area contributed by atoms with E-state index in [4.69, 9.17) is 9.47 Å². The standard InChI is InChI=1S/C27H27F4N3O3/c1-26(2)25(35)34(3)24-19(14-32-21-13-16(28)7-11-23(21)37-5)17(8-9-20(24)33-26)18-12-15(27(29,30)31)6-10-22(18)36-4/h6-13,32-33H,14H2,1-5H3. The van der Waals surface area contributed by atoms with E-state index in [0.29, 0.717) is 33.9 Å². The van der Waals surface area contributed by atoms with Crippen LogP contribution in [-0.2, 0) is 17.5 Å². The molecule has 0 radical (unpaired) electrons. The van der Waals surface area contributed by atoms with Crippen molar-refractivity contribution < 1.29 is 31.8 Å². The van der Waals surface area contributed by atoms with Crippen molar-refractivity contribution in [1.29, 1.82) is 0 Å². The molecule has 3 aromatic carbocycles. The van der Waals surface area contributed by atoms with Crippen molar-refractivity contribution in [3.05, 3.63) is 65.5 Å². The zero-order valence-electron chi connectivity index (χ0n) is 21.0. The summed E-state index contributed by atoms with van der Waals surface area (Å²) in [6, 6.07) is 10.6. The summed E-state index contributed by atoms with van der Waals surface area (Å²) in [7, 11) is 4.43. The highest BCUT2D eigenvalue weighted by Crippen LogP contribution is 2.45. The van der Waals surface area contributed by atoms with Crippen LogP contribution in [0.4, 0.5) is 34.6 Å². The third-order valence-corrected chi connectivity index (χ3v) is 6.34. The Bertz CT molecular complexity index is 1360. The second-order valence-electron chi connectivity index (χ2n) is 9.21. The maximum atomic E-state index is 14.0. The zero-order chi connectivity index (χ0) is 27.1. The lowest BCUT2D eigenvalue weighted by molar-refractivity contribution is -0.137. The molecule has 1 aliphatic rings. The van der Waals surface area contributed by atoms with Crippen LogP contribution in [0.1, 0.15) is 25.0 Å². The van der Waals surface area contributed by atoms with Crippen molar-refractivity contribution in [2.45, 2.75) is 32.1 Å². The lowest BCUT2D eigenvalue weighted by atomic mass is 9.90. The fourth-order valence-electron chi connectivity index (χ4n) is 4.56. The molecule has 0 aliphatic carbocycles. The van der Waals surface area contributed by atoms with Crippen molar-refractivity contribution in [2.24, 2.45) is 0 Å². The van der Waals surface area contributed by atoms with E-state index in [9.17, 15) is 22.4 Å². The number of likely N-dealkylation sites (N-methyl/N-ethyl adjacent to an activating group) is 1. The number of rotatable bonds is 6. The van der Waals surface area contributed by atoms with Gasteiger partial charge in [-0.25, -0.2) is 4.39 Å². The molecule has 6 nitrogen and oxygen atoms in total. The van der Waals surface area contributed by atoms with Gasteiger partial charge in [0.2, 0.25) is 0 Å². The maximum absolute atomic E-state index is 14.0. The lowest BCUT2D eigenvalue weighted by Gasteiger charge is -2.40. The van der Waals surface area contributed by atoms with E-state index in [-0.39, 0.29) is 23.8 Å². The number of anilines is 3. The van der Waals surface area contributed by atoms with Crippen molar-refractivity contribution in [3.8, 4) is 22.6 Å². The summed E-state index contributed by atoms with van der Waals surface area (Å²) < 4.78 is 65.6. The van der Waals surface area contributed by atoms with Gasteiger partial charge in [0, 0.05) is 30.8 Å². The summed E-state index contributed by atoms with van der Waals surface area (Å²) in [5.41, 5.74) is 0.873. The van der Waals surface area contributed by atoms with Gasteiger partial charge in [-0.3, -0.25) is 4.79 Å². The van der Waals surface area contributed by atoms with E-state index in [2.05, 4.69) is 10.6 Å². The quantitative estimate of drug-likeness (QED) is 0.376. The third-order valence-electron chi connectivity index (χ3n) is 6.34. The summed E-state index contributed by atoms with van der Waals surface area (Å²) in [4.78, 5) is 14.6. The average molecular weight is 518 g/mol. The fraction of sp³-hybridized carbons (Fsp3) is 0.296. The monoisotopic (exact) mass is 517 g/mol. The van der Waals surface area contributed by atoms with Gasteiger partial charge in [-0.05, 0) is 55.8 Å². The topological polar surface area (TPSA) is 62.8 Å². The van der Waals surface area contributed by atoms with Crippen LogP contribution in [0.15, 0.2) is 48.5 Å². The number of carbonyl (C=O) groups excluding carboxylic acids is 1. The Morgan fingerprint density at radius 1 is 0.973 bits per heavy atom. The predicted molar refractivity (Wildman–Crippen MR) is 135 cm³/mol. The molecule has 0 saturated heterocycles. The third kappa shape index (κ3) is 4.87. The number of fused-ring (bicyclic) bond motifs is 1. The molecule has 0 fully saturated rings. The first-order chi connectivity index (χ1) is 17.4. The molecule has 0 spiro atoms. The second kappa shape index (κ2) is 9.49. The Morgan fingerprint density at radius 2 is 1.65 bits per heavy atom. The van der Waals surface area contributed by atoms with E-state index in [1.807, 2.05) is 0 Å². The van der Waals surface area contributed by atoms with Gasteiger partial charge in [0.1, 0.15) is 22.9 Å². The van der Waals surface area contributed by atoms with Crippen molar-refractivity contribution >= 4 is 23.0 Å². The fourth-order valence-corrected chi connectivity index (χ4v) is 4.56. The first-order valence-electron chi connectivity index (χ1n) is 11.4. The van der Waals surface area contributed by atoms with Crippen LogP contribution in [-0.4, -0.2) is 32.7 Å². The van der Waals surface area contributed by atoms with Crippen LogP contribution in [0.2, 0.25) is 0 Å². The molecule has 37 heavy (non-hydrogen) atoms. The molecule has 1 aliphatic heterocycles. The number of hydrogen-bond acceptors (Lipinski definition) is 5. The highest BCUT2D eigenvalue weighted by Gasteiger charge is 2.39. The normalized spacial score (nSPS) is 14.6. The van der Waals surface area contributed by atoms with E-state index in [0.717, 1.165) is 12.1 Å². The number of halogens is 4. The lowest BCUT2D eigenvalue weighted by Crippen LogP contribution is -2.52. The summed E-state index contributed by atoms with van der Waals surface area (Å²) in [6.45, 7) is 3.53. The Labute approximate surface area is 212 Å². The molecule has 196 valence electrons. The number of methoxy groups -OCH3 is 2. The van der Waals surface area contributed by atoms with Gasteiger partial charge in [-0.2, -0.15) is 13.2 Å². The number of hydrogen-bond donors (Lipinski definition) is 2. The number of nitrogens with zero attached hydrogens (tertiary/aromatic N) is 1. The van der Waals surface area contributed by atoms with Gasteiger partial charge < -0.3 is 25.0 Å². The van der Waals surface area contributed by atoms with Crippen LogP contribution in [0.5, 0.6) is 11.5 Å². The molecule has 0 bridgehead atoms. The number of carbonyl (C=O) groups is 1. The molecule has 0 unspecified atom stereocenters. The molecule has 0 atom stereocenters. The van der Waals surface area contributed by atoms with E-state index in [1.165, 1.54) is 43.4 Å². The Balaban J connectivity index is 1.93. The minimum absolute atomic E-state index is 0.0391. The van der Waals surface area contributed by atoms with Crippen LogP contribution < -0.4 is 25.0 Å². The van der Waals surface area contributed by atoms with Gasteiger partial charge in [-0.1, -0.05) is 6.07 Å². The number of ether oxygens (including phenoxy) is 2. The minimum Gasteiger partial charge on any atom is -0.496 e. The molecule has 1 amide bonds. The number of benzene rings is 3. The van der Waals surface area contributed by atoms with E-state index < -0.39 is 23.1 Å². The van der Waals surface area contributed by atoms with Gasteiger partial charge in [0.15, 0.2) is 0 Å². The largest absolute Gasteiger partial charge is 0.496 e. The van der Waals surface area contributed by atoms with Gasteiger partial charge in [-0.15, -0.1) is 0 Å². The molecule has 3 aromatic rings. The van der Waals surface area contributed by atoms with E-state index in [1.54, 1.807) is 33.0 Å². The minimum atomic E-state index is -4.57. The molecule has 0 aromatic heterocycles. The summed E-state index contributed by atoms with van der Waals surface area (Å²) in [6.07, 6.45) is -4.57. The summed E-state index contributed by atoms with van der Waals surface area (Å²) in [5, 5.41) is 6.34. The Kier molecular flexibility index (Phi) is 6.70. The number of nitrogens with one attached hydrogen (secondary N) is 2. The highest BCUT2D eigenvalue weighted by molar-refractivity contribution is 6.09. The molecule has 2 N–H and O–H groups in total. The Hall–Kier alpha value is -3.95. The van der Waals surface area contributed by atoms with Crippen LogP contribution in [0.25, 0.3) is 11.1 Å². The molecule has 1 heterocycles. The highest BCUT2D eigenvalue weighted by atomic mass is 19.4. The van der Waals surface area contributed by atoms with Crippen LogP contribution in [0, 0.1) is 5.82 Å². The van der Waals surface area contributed by atoms with Crippen molar-refractivity contribution in [2.75, 3.05) is 36.8 Å². The summed E-state index contributed by atoms with van der Waals surface area (Å²) >= 11 is 0. The van der Waals surface area contributed by atoms with Crippen molar-refractivity contribution in [3.63, 3.8) is 0 Å². The molecule has 0 saturated carbocycles. The summed E-state index contributed by atoms with van der Waals surface area (Å²) in [5.74, 6) is -0.102. The molecule has 4 rings (SSSR count). The molecule has 10 heteroatoms. The van der Waals surface area contributed by atoms with Crippen molar-refractivity contribution in [1.82, 2.24) is 0 Å². The van der Waals surface area contributed by atoms with Gasteiger partial charge in [0.25, 0.3) is 5.91 Å². The molecular formula is C27H27F4N3O3.